The molecule has 0 amide bonds. The maximum Gasteiger partial charge on any atom is 0.117 e. The van der Waals surface area contributed by atoms with E-state index in [9.17, 15) is 5.11 Å². The van der Waals surface area contributed by atoms with Gasteiger partial charge < -0.3 is 5.11 Å². The van der Waals surface area contributed by atoms with E-state index in [2.05, 4.69) is 32.6 Å². The maximum absolute atomic E-state index is 9.70. The Morgan fingerprint density at radius 3 is 2.15 bits per heavy atom. The Morgan fingerprint density at radius 2 is 1.77 bits per heavy atom. The molecule has 1 atom stereocenters. The second kappa shape index (κ2) is 8.13. The highest BCUT2D eigenvalue weighted by Gasteiger charge is 2.14. The maximum atomic E-state index is 9.70. The summed E-state index contributed by atoms with van der Waals surface area (Å²) < 4.78 is 0. The highest BCUT2D eigenvalue weighted by Crippen LogP contribution is 2.17. The summed E-state index contributed by atoms with van der Waals surface area (Å²) in [5, 5.41) is 9.70. The molecule has 0 bridgehead atoms. The van der Waals surface area contributed by atoms with Crippen molar-refractivity contribution in [1.82, 2.24) is 0 Å². The zero-order chi connectivity index (χ0) is 10.1. The van der Waals surface area contributed by atoms with E-state index in [4.69, 9.17) is 0 Å². The van der Waals surface area contributed by atoms with Gasteiger partial charge in [0.15, 0.2) is 0 Å². The zero-order valence-corrected chi connectivity index (χ0v) is 8.84. The van der Waals surface area contributed by atoms with Crippen molar-refractivity contribution < 1.29 is 5.11 Å². The van der Waals surface area contributed by atoms with Gasteiger partial charge in [0.1, 0.15) is 6.10 Å². The quantitative estimate of drug-likeness (QED) is 0.647. The Morgan fingerprint density at radius 1 is 1.23 bits per heavy atom. The average Bonchev–Trinajstić information content (AvgIpc) is 2.14. The van der Waals surface area contributed by atoms with E-state index in [1.54, 1.807) is 0 Å². The summed E-state index contributed by atoms with van der Waals surface area (Å²) in [6, 6.07) is 0. The average molecular weight is 181 g/mol. The fraction of sp³-hybridized carbons (Fsp3) is 0.750. The van der Waals surface area contributed by atoms with Crippen LogP contribution in [0, 0.1) is 24.7 Å². The summed E-state index contributed by atoms with van der Waals surface area (Å²) in [5.41, 5.74) is 0. The summed E-state index contributed by atoms with van der Waals surface area (Å²) in [6.45, 7) is 7.91. The predicted molar refractivity (Wildman–Crippen MR) is 57.1 cm³/mol. The minimum absolute atomic E-state index is 0.356. The van der Waals surface area contributed by atoms with E-state index < -0.39 is 6.10 Å². The van der Waals surface area contributed by atoms with E-state index in [0.717, 1.165) is 25.7 Å². The van der Waals surface area contributed by atoms with Crippen molar-refractivity contribution in [3.63, 3.8) is 0 Å². The molecule has 1 nitrogen and oxygen atoms in total. The van der Waals surface area contributed by atoms with Gasteiger partial charge in [-0.15, -0.1) is 5.92 Å². The molecule has 0 heterocycles. The molecule has 1 N–H and O–H groups in total. The molecule has 1 heteroatoms. The molecule has 75 valence electrons. The first-order valence-electron chi connectivity index (χ1n) is 5.21. The van der Waals surface area contributed by atoms with Crippen LogP contribution in [0.25, 0.3) is 0 Å². The first-order valence-corrected chi connectivity index (χ1v) is 5.21. The third-order valence-corrected chi connectivity index (χ3v) is 2.14. The number of aliphatic hydroxyl groups is 1. The normalized spacial score (nSPS) is 12.4. The molecule has 0 aliphatic heterocycles. The van der Waals surface area contributed by atoms with Crippen molar-refractivity contribution in [1.29, 1.82) is 0 Å². The third kappa shape index (κ3) is 5.71. The first-order chi connectivity index (χ1) is 6.26. The summed E-state index contributed by atoms with van der Waals surface area (Å²) >= 11 is 0. The first kappa shape index (κ1) is 12.5. The number of rotatable bonds is 5. The van der Waals surface area contributed by atoms with Crippen molar-refractivity contribution >= 4 is 0 Å². The fourth-order valence-electron chi connectivity index (χ4n) is 1.50. The van der Waals surface area contributed by atoms with Crippen LogP contribution in [0.15, 0.2) is 0 Å². The van der Waals surface area contributed by atoms with Crippen molar-refractivity contribution in [2.75, 3.05) is 0 Å². The van der Waals surface area contributed by atoms with Crippen LogP contribution >= 0.6 is 0 Å². The predicted octanol–water partition coefficient (Wildman–Crippen LogP) is 2.79. The van der Waals surface area contributed by atoms with Crippen molar-refractivity contribution in [2.45, 2.75) is 52.1 Å². The van der Waals surface area contributed by atoms with Crippen LogP contribution in [-0.2, 0) is 0 Å². The highest BCUT2D eigenvalue weighted by molar-refractivity contribution is 5.06. The third-order valence-electron chi connectivity index (χ3n) is 2.14. The molecule has 0 aromatic heterocycles. The van der Waals surface area contributed by atoms with Gasteiger partial charge >= 0.3 is 0 Å². The molecule has 0 saturated heterocycles. The molecular formula is C12H21O. The number of hydrogen-bond acceptors (Lipinski definition) is 1. The molecule has 1 unspecified atom stereocenters. The van der Waals surface area contributed by atoms with Gasteiger partial charge in [-0.05, 0) is 25.7 Å². The molecule has 0 fully saturated rings. The zero-order valence-electron chi connectivity index (χ0n) is 8.84. The molecule has 0 aromatic carbocycles. The molecule has 0 spiro atoms. The minimum atomic E-state index is -0.443. The van der Waals surface area contributed by atoms with Crippen LogP contribution in [0.5, 0.6) is 0 Å². The Balaban J connectivity index is 4.01. The van der Waals surface area contributed by atoms with Crippen LogP contribution in [-0.4, -0.2) is 11.2 Å². The van der Waals surface area contributed by atoms with Gasteiger partial charge in [-0.1, -0.05) is 32.6 Å². The van der Waals surface area contributed by atoms with Crippen LogP contribution in [0.4, 0.5) is 0 Å². The van der Waals surface area contributed by atoms with Gasteiger partial charge in [-0.3, -0.25) is 0 Å². The topological polar surface area (TPSA) is 20.2 Å². The van der Waals surface area contributed by atoms with Gasteiger partial charge in [0.2, 0.25) is 0 Å². The lowest BCUT2D eigenvalue weighted by Gasteiger charge is -2.17. The Bertz CT molecular complexity index is 158. The Hall–Kier alpha value is -0.480. The van der Waals surface area contributed by atoms with Gasteiger partial charge in [0.25, 0.3) is 0 Å². The second-order valence-electron chi connectivity index (χ2n) is 3.35. The highest BCUT2D eigenvalue weighted by atomic mass is 16.3. The number of aliphatic hydroxyl groups excluding tert-OH is 1. The van der Waals surface area contributed by atoms with Crippen LogP contribution < -0.4 is 0 Å². The lowest BCUT2D eigenvalue weighted by atomic mass is 9.93. The van der Waals surface area contributed by atoms with Crippen molar-refractivity contribution in [2.24, 2.45) is 5.92 Å². The smallest absolute Gasteiger partial charge is 0.117 e. The van der Waals surface area contributed by atoms with E-state index >= 15 is 0 Å². The molecule has 1 radical (unpaired) electrons. The van der Waals surface area contributed by atoms with Gasteiger partial charge in [-0.25, -0.2) is 0 Å². The van der Waals surface area contributed by atoms with Crippen LogP contribution in [0.3, 0.4) is 0 Å². The molecule has 0 aliphatic carbocycles. The minimum Gasteiger partial charge on any atom is -0.380 e. The van der Waals surface area contributed by atoms with Gasteiger partial charge in [0.05, 0.1) is 0 Å². The summed E-state index contributed by atoms with van der Waals surface area (Å²) in [4.78, 5) is 0. The Labute approximate surface area is 82.5 Å². The second-order valence-corrected chi connectivity index (χ2v) is 3.35. The van der Waals surface area contributed by atoms with Crippen LogP contribution in [0.2, 0.25) is 0 Å². The molecule has 0 aliphatic rings. The molecule has 0 saturated carbocycles. The number of hydrogen-bond donors (Lipinski definition) is 1. The van der Waals surface area contributed by atoms with Gasteiger partial charge in [-0.2, -0.15) is 0 Å². The lowest BCUT2D eigenvalue weighted by Crippen LogP contribution is -2.18. The summed E-state index contributed by atoms with van der Waals surface area (Å²) in [6.07, 6.45) is 4.52. The molecule has 0 rings (SSSR count). The molecular weight excluding hydrogens is 160 g/mol. The van der Waals surface area contributed by atoms with E-state index in [0.29, 0.717) is 12.3 Å². The largest absolute Gasteiger partial charge is 0.380 e. The molecule has 0 aromatic rings. The van der Waals surface area contributed by atoms with Gasteiger partial charge in [0, 0.05) is 6.42 Å². The fourth-order valence-corrected chi connectivity index (χ4v) is 1.50. The van der Waals surface area contributed by atoms with Crippen molar-refractivity contribution in [3.8, 4) is 11.8 Å². The molecule has 13 heavy (non-hydrogen) atoms. The van der Waals surface area contributed by atoms with E-state index in [1.165, 1.54) is 0 Å². The van der Waals surface area contributed by atoms with Crippen LogP contribution in [0.1, 0.15) is 46.0 Å². The van der Waals surface area contributed by atoms with E-state index in [-0.39, 0.29) is 0 Å². The standard InChI is InChI=1S/C12H21O/c1-4-7-10-12(13)11(8-5-2)9-6-3/h11-13H,1,4-6,8-9H2,2-3H3. The summed E-state index contributed by atoms with van der Waals surface area (Å²) in [7, 11) is 0. The SMILES string of the molecule is [CH2]CC#CC(O)C(CCC)CCC. The Kier molecular flexibility index (Phi) is 7.83. The lowest BCUT2D eigenvalue weighted by molar-refractivity contribution is 0.147. The monoisotopic (exact) mass is 181 g/mol. The van der Waals surface area contributed by atoms with Crippen molar-refractivity contribution in [3.05, 3.63) is 6.92 Å². The van der Waals surface area contributed by atoms with E-state index in [1.807, 2.05) is 0 Å². The summed E-state index contributed by atoms with van der Waals surface area (Å²) in [5.74, 6) is 6.03.